The lowest BCUT2D eigenvalue weighted by Crippen LogP contribution is -2.44. The Bertz CT molecular complexity index is 1100. The van der Waals surface area contributed by atoms with Crippen LogP contribution in [0.15, 0.2) is 79.2 Å². The molecule has 37 heavy (non-hydrogen) atoms. The SMILES string of the molecule is C=C(C)[C@@H](CC(C)C)N(C(=C)C(C)C1Cc2ccccc2C1)[C@@H](C(=C)NC(C)C)c1ccc(C)c(C)c1. The highest BCUT2D eigenvalue weighted by Crippen LogP contribution is 2.42. The van der Waals surface area contributed by atoms with E-state index in [9.17, 15) is 0 Å². The Labute approximate surface area is 227 Å². The van der Waals surface area contributed by atoms with E-state index in [1.54, 1.807) is 0 Å². The van der Waals surface area contributed by atoms with Gasteiger partial charge in [-0.2, -0.15) is 0 Å². The van der Waals surface area contributed by atoms with Crippen LogP contribution in [-0.4, -0.2) is 17.0 Å². The minimum atomic E-state index is -0.0270. The second-order valence-electron chi connectivity index (χ2n) is 12.2. The molecule has 2 heteroatoms. The van der Waals surface area contributed by atoms with E-state index >= 15 is 0 Å². The molecule has 0 spiro atoms. The van der Waals surface area contributed by atoms with Gasteiger partial charge in [0, 0.05) is 17.4 Å². The van der Waals surface area contributed by atoms with Gasteiger partial charge >= 0.3 is 0 Å². The maximum Gasteiger partial charge on any atom is 0.0938 e. The van der Waals surface area contributed by atoms with Crippen molar-refractivity contribution in [3.8, 4) is 0 Å². The first-order chi connectivity index (χ1) is 17.4. The average Bonchev–Trinajstić information content (AvgIpc) is 3.26. The summed E-state index contributed by atoms with van der Waals surface area (Å²) in [5, 5.41) is 3.67. The summed E-state index contributed by atoms with van der Waals surface area (Å²) in [6.07, 6.45) is 3.26. The predicted molar refractivity (Wildman–Crippen MR) is 162 cm³/mol. The van der Waals surface area contributed by atoms with Crippen LogP contribution < -0.4 is 5.32 Å². The zero-order valence-corrected chi connectivity index (χ0v) is 24.7. The Morgan fingerprint density at radius 2 is 1.51 bits per heavy atom. The number of allylic oxidation sites excluding steroid dienone is 1. The Kier molecular flexibility index (Phi) is 9.51. The Morgan fingerprint density at radius 3 is 2.00 bits per heavy atom. The molecule has 0 aliphatic heterocycles. The van der Waals surface area contributed by atoms with E-state index in [2.05, 4.69) is 121 Å². The van der Waals surface area contributed by atoms with Crippen molar-refractivity contribution in [1.82, 2.24) is 10.2 Å². The summed E-state index contributed by atoms with van der Waals surface area (Å²) in [6.45, 7) is 31.9. The van der Waals surface area contributed by atoms with E-state index in [-0.39, 0.29) is 12.1 Å². The lowest BCUT2D eigenvalue weighted by Gasteiger charge is -2.46. The number of rotatable bonds is 12. The molecule has 1 aliphatic carbocycles. The van der Waals surface area contributed by atoms with Crippen molar-refractivity contribution in [2.75, 3.05) is 0 Å². The quantitative estimate of drug-likeness (QED) is 0.294. The van der Waals surface area contributed by atoms with Crippen LogP contribution in [0.25, 0.3) is 0 Å². The van der Waals surface area contributed by atoms with Crippen LogP contribution in [0, 0.1) is 31.6 Å². The van der Waals surface area contributed by atoms with Crippen LogP contribution in [0.4, 0.5) is 0 Å². The molecule has 3 atom stereocenters. The summed E-state index contributed by atoms with van der Waals surface area (Å²) in [4.78, 5) is 2.58. The van der Waals surface area contributed by atoms with Gasteiger partial charge in [-0.05, 0) is 99.5 Å². The smallest absolute Gasteiger partial charge is 0.0938 e. The van der Waals surface area contributed by atoms with Gasteiger partial charge in [0.1, 0.15) is 0 Å². The van der Waals surface area contributed by atoms with Crippen molar-refractivity contribution in [1.29, 1.82) is 0 Å². The summed E-state index contributed by atoms with van der Waals surface area (Å²) in [6, 6.07) is 16.2. The third-order valence-electron chi connectivity index (χ3n) is 8.18. The topological polar surface area (TPSA) is 15.3 Å². The molecular weight excluding hydrogens is 448 g/mol. The maximum absolute atomic E-state index is 4.84. The van der Waals surface area contributed by atoms with Crippen molar-refractivity contribution >= 4 is 0 Å². The van der Waals surface area contributed by atoms with Crippen LogP contribution in [0.3, 0.4) is 0 Å². The Balaban J connectivity index is 2.10. The molecule has 0 saturated carbocycles. The van der Waals surface area contributed by atoms with E-state index in [0.717, 1.165) is 25.0 Å². The van der Waals surface area contributed by atoms with Gasteiger partial charge in [-0.3, -0.25) is 0 Å². The molecule has 1 unspecified atom stereocenters. The maximum atomic E-state index is 4.84. The van der Waals surface area contributed by atoms with Crippen molar-refractivity contribution in [2.24, 2.45) is 17.8 Å². The van der Waals surface area contributed by atoms with Gasteiger partial charge in [-0.1, -0.05) is 88.5 Å². The number of aryl methyl sites for hydroxylation is 2. The molecule has 0 heterocycles. The van der Waals surface area contributed by atoms with Crippen LogP contribution in [0.5, 0.6) is 0 Å². The standard InChI is InChI=1S/C35H50N2/c1-22(2)18-34(23(3)4)37(29(11)27(9)33-20-30-14-12-13-15-31(30)21-33)35(28(10)36-24(5)6)32-17-16-25(7)26(8)19-32/h12-17,19,22,24,27,33-36H,3,10-11,18,20-21H2,1-2,4-9H3/t27?,34-,35+/m1/s1. The first-order valence-electron chi connectivity index (χ1n) is 14.1. The molecule has 200 valence electrons. The summed E-state index contributed by atoms with van der Waals surface area (Å²) < 4.78 is 0. The monoisotopic (exact) mass is 498 g/mol. The molecule has 1 N–H and O–H groups in total. The molecule has 0 fully saturated rings. The van der Waals surface area contributed by atoms with Crippen molar-refractivity contribution in [3.05, 3.63) is 107 Å². The second kappa shape index (κ2) is 12.2. The number of hydrogen-bond donors (Lipinski definition) is 1. The highest BCUT2D eigenvalue weighted by Gasteiger charge is 2.37. The molecule has 0 amide bonds. The number of hydrogen-bond acceptors (Lipinski definition) is 2. The second-order valence-corrected chi connectivity index (χ2v) is 12.2. The first kappa shape index (κ1) is 28.8. The molecule has 2 nitrogen and oxygen atoms in total. The fourth-order valence-corrected chi connectivity index (χ4v) is 5.91. The number of benzene rings is 2. The summed E-state index contributed by atoms with van der Waals surface area (Å²) in [5.74, 6) is 1.42. The lowest BCUT2D eigenvalue weighted by atomic mass is 9.84. The predicted octanol–water partition coefficient (Wildman–Crippen LogP) is 8.71. The highest BCUT2D eigenvalue weighted by atomic mass is 15.2. The van der Waals surface area contributed by atoms with Crippen molar-refractivity contribution in [3.63, 3.8) is 0 Å². The molecule has 1 aliphatic rings. The largest absolute Gasteiger partial charge is 0.385 e. The minimum absolute atomic E-state index is 0.0270. The number of nitrogens with zero attached hydrogens (tertiary/aromatic N) is 1. The normalized spacial score (nSPS) is 15.8. The average molecular weight is 499 g/mol. The molecule has 2 aromatic carbocycles. The highest BCUT2D eigenvalue weighted by molar-refractivity contribution is 5.38. The molecule has 0 saturated heterocycles. The zero-order chi connectivity index (χ0) is 27.4. The Morgan fingerprint density at radius 1 is 0.919 bits per heavy atom. The molecular formula is C35H50N2. The lowest BCUT2D eigenvalue weighted by molar-refractivity contribution is 0.168. The zero-order valence-electron chi connectivity index (χ0n) is 24.7. The van der Waals surface area contributed by atoms with Crippen LogP contribution in [0.2, 0.25) is 0 Å². The van der Waals surface area contributed by atoms with E-state index < -0.39 is 0 Å². The van der Waals surface area contributed by atoms with Crippen molar-refractivity contribution in [2.45, 2.75) is 92.8 Å². The van der Waals surface area contributed by atoms with Gasteiger partial charge in [0.05, 0.1) is 12.1 Å². The molecule has 0 aromatic heterocycles. The van der Waals surface area contributed by atoms with Gasteiger partial charge in [-0.25, -0.2) is 0 Å². The van der Waals surface area contributed by atoms with E-state index in [1.165, 1.54) is 39.1 Å². The Hall–Kier alpha value is -2.74. The van der Waals surface area contributed by atoms with Gasteiger partial charge < -0.3 is 10.2 Å². The summed E-state index contributed by atoms with van der Waals surface area (Å²) in [7, 11) is 0. The summed E-state index contributed by atoms with van der Waals surface area (Å²) >= 11 is 0. The third kappa shape index (κ3) is 6.78. The van der Waals surface area contributed by atoms with Gasteiger partial charge in [0.25, 0.3) is 0 Å². The van der Waals surface area contributed by atoms with Crippen molar-refractivity contribution < 1.29 is 0 Å². The molecule has 0 radical (unpaired) electrons. The van der Waals surface area contributed by atoms with Gasteiger partial charge in [0.2, 0.25) is 0 Å². The van der Waals surface area contributed by atoms with Gasteiger partial charge in [-0.15, -0.1) is 0 Å². The summed E-state index contributed by atoms with van der Waals surface area (Å²) in [5.41, 5.74) is 10.3. The first-order valence-corrected chi connectivity index (χ1v) is 14.1. The molecule has 0 bridgehead atoms. The molecule has 2 aromatic rings. The third-order valence-corrected chi connectivity index (χ3v) is 8.18. The van der Waals surface area contributed by atoms with Crippen LogP contribution in [0.1, 0.15) is 81.8 Å². The van der Waals surface area contributed by atoms with Crippen LogP contribution >= 0.6 is 0 Å². The van der Waals surface area contributed by atoms with Crippen LogP contribution in [-0.2, 0) is 12.8 Å². The van der Waals surface area contributed by atoms with Gasteiger partial charge in [0.15, 0.2) is 0 Å². The minimum Gasteiger partial charge on any atom is -0.385 e. The number of nitrogens with one attached hydrogen (secondary N) is 1. The number of fused-ring (bicyclic) bond motifs is 1. The van der Waals surface area contributed by atoms with E-state index in [0.29, 0.717) is 23.8 Å². The van der Waals surface area contributed by atoms with E-state index in [1.807, 2.05) is 0 Å². The molecule has 3 rings (SSSR count). The van der Waals surface area contributed by atoms with E-state index in [4.69, 9.17) is 6.58 Å². The fraction of sp³-hybridized carbons (Fsp3) is 0.486. The fourth-order valence-electron chi connectivity index (χ4n) is 5.91.